The summed E-state index contributed by atoms with van der Waals surface area (Å²) in [5.74, 6) is 0.836. The fourth-order valence-electron chi connectivity index (χ4n) is 2.64. The molecular weight excluding hydrogens is 326 g/mol. The van der Waals surface area contributed by atoms with Gasteiger partial charge in [-0.25, -0.2) is 9.78 Å². The SMILES string of the molecule is CCCOC(=O)NCCc1ncc(-c2ccc(-c3ccccc3)cc2)[nH]1. The van der Waals surface area contributed by atoms with Gasteiger partial charge in [-0.15, -0.1) is 0 Å². The maximum Gasteiger partial charge on any atom is 0.407 e. The molecule has 1 amide bonds. The summed E-state index contributed by atoms with van der Waals surface area (Å²) >= 11 is 0. The van der Waals surface area contributed by atoms with Gasteiger partial charge in [-0.2, -0.15) is 0 Å². The van der Waals surface area contributed by atoms with Gasteiger partial charge in [0, 0.05) is 13.0 Å². The molecule has 1 aromatic heterocycles. The van der Waals surface area contributed by atoms with Crippen LogP contribution in [0.25, 0.3) is 22.4 Å². The first-order valence-electron chi connectivity index (χ1n) is 8.86. The van der Waals surface area contributed by atoms with Crippen molar-refractivity contribution in [3.05, 3.63) is 66.6 Å². The molecule has 134 valence electrons. The number of nitrogens with one attached hydrogen (secondary N) is 2. The molecule has 0 bridgehead atoms. The maximum absolute atomic E-state index is 11.4. The van der Waals surface area contributed by atoms with Gasteiger partial charge in [0.15, 0.2) is 0 Å². The average molecular weight is 349 g/mol. The topological polar surface area (TPSA) is 67.0 Å². The van der Waals surface area contributed by atoms with Crippen LogP contribution >= 0.6 is 0 Å². The summed E-state index contributed by atoms with van der Waals surface area (Å²) in [4.78, 5) is 19.1. The lowest BCUT2D eigenvalue weighted by molar-refractivity contribution is 0.146. The number of ether oxygens (including phenoxy) is 1. The summed E-state index contributed by atoms with van der Waals surface area (Å²) in [6, 6.07) is 18.7. The van der Waals surface area contributed by atoms with Crippen LogP contribution in [0.4, 0.5) is 4.79 Å². The Morgan fingerprint density at radius 2 is 1.73 bits per heavy atom. The quantitative estimate of drug-likeness (QED) is 0.663. The number of amides is 1. The number of benzene rings is 2. The van der Waals surface area contributed by atoms with E-state index in [0.29, 0.717) is 19.6 Å². The molecule has 0 saturated heterocycles. The molecule has 0 saturated carbocycles. The van der Waals surface area contributed by atoms with Crippen molar-refractivity contribution < 1.29 is 9.53 Å². The van der Waals surface area contributed by atoms with Crippen LogP contribution in [0.1, 0.15) is 19.2 Å². The second-order valence-electron chi connectivity index (χ2n) is 6.00. The predicted octanol–water partition coefficient (Wildman–Crippen LogP) is 4.42. The largest absolute Gasteiger partial charge is 0.450 e. The lowest BCUT2D eigenvalue weighted by atomic mass is 10.0. The molecule has 3 aromatic rings. The van der Waals surface area contributed by atoms with E-state index in [4.69, 9.17) is 4.74 Å². The highest BCUT2D eigenvalue weighted by molar-refractivity contribution is 5.68. The Morgan fingerprint density at radius 3 is 2.46 bits per heavy atom. The Kier molecular flexibility index (Phi) is 6.04. The third kappa shape index (κ3) is 4.72. The van der Waals surface area contributed by atoms with Gasteiger partial charge in [0.2, 0.25) is 0 Å². The molecule has 3 rings (SSSR count). The van der Waals surface area contributed by atoms with Crippen molar-refractivity contribution in [1.29, 1.82) is 0 Å². The van der Waals surface area contributed by atoms with Crippen LogP contribution in [-0.4, -0.2) is 29.2 Å². The van der Waals surface area contributed by atoms with Crippen LogP contribution in [0.3, 0.4) is 0 Å². The van der Waals surface area contributed by atoms with Crippen LogP contribution in [0, 0.1) is 0 Å². The summed E-state index contributed by atoms with van der Waals surface area (Å²) in [7, 11) is 0. The van der Waals surface area contributed by atoms with Crippen molar-refractivity contribution in [2.24, 2.45) is 0 Å². The second-order valence-corrected chi connectivity index (χ2v) is 6.00. The zero-order chi connectivity index (χ0) is 18.2. The highest BCUT2D eigenvalue weighted by Gasteiger charge is 2.06. The van der Waals surface area contributed by atoms with E-state index in [1.807, 2.05) is 31.3 Å². The maximum atomic E-state index is 11.4. The summed E-state index contributed by atoms with van der Waals surface area (Å²) in [6.07, 6.45) is 2.89. The number of alkyl carbamates (subject to hydrolysis) is 1. The van der Waals surface area contributed by atoms with Crippen molar-refractivity contribution in [1.82, 2.24) is 15.3 Å². The Hall–Kier alpha value is -3.08. The fraction of sp³-hybridized carbons (Fsp3) is 0.238. The highest BCUT2D eigenvalue weighted by Crippen LogP contribution is 2.23. The van der Waals surface area contributed by atoms with Crippen molar-refractivity contribution in [3.63, 3.8) is 0 Å². The number of H-pyrrole nitrogens is 1. The first-order valence-corrected chi connectivity index (χ1v) is 8.86. The molecule has 26 heavy (non-hydrogen) atoms. The molecule has 0 unspecified atom stereocenters. The van der Waals surface area contributed by atoms with E-state index < -0.39 is 0 Å². The van der Waals surface area contributed by atoms with Gasteiger partial charge in [-0.3, -0.25) is 0 Å². The number of aromatic amines is 1. The predicted molar refractivity (Wildman–Crippen MR) is 103 cm³/mol. The van der Waals surface area contributed by atoms with Crippen molar-refractivity contribution in [3.8, 4) is 22.4 Å². The van der Waals surface area contributed by atoms with Crippen LogP contribution < -0.4 is 5.32 Å². The molecule has 2 aromatic carbocycles. The number of carbonyl (C=O) groups excluding carboxylic acids is 1. The third-order valence-corrected chi connectivity index (χ3v) is 4.00. The van der Waals surface area contributed by atoms with E-state index in [1.54, 1.807) is 0 Å². The Bertz CT molecular complexity index is 826. The molecule has 0 aliphatic heterocycles. The molecule has 5 heteroatoms. The zero-order valence-electron chi connectivity index (χ0n) is 14.9. The highest BCUT2D eigenvalue weighted by atomic mass is 16.5. The van der Waals surface area contributed by atoms with Gasteiger partial charge in [-0.05, 0) is 23.1 Å². The summed E-state index contributed by atoms with van der Waals surface area (Å²) in [6.45, 7) is 2.89. The van der Waals surface area contributed by atoms with Crippen LogP contribution in [-0.2, 0) is 11.2 Å². The molecule has 0 aliphatic rings. The monoisotopic (exact) mass is 349 g/mol. The number of nitrogens with zero attached hydrogens (tertiary/aromatic N) is 1. The van der Waals surface area contributed by atoms with E-state index in [1.165, 1.54) is 11.1 Å². The number of hydrogen-bond acceptors (Lipinski definition) is 3. The summed E-state index contributed by atoms with van der Waals surface area (Å²) in [5.41, 5.74) is 4.43. The zero-order valence-corrected chi connectivity index (χ0v) is 14.9. The van der Waals surface area contributed by atoms with Gasteiger partial charge < -0.3 is 15.0 Å². The number of rotatable bonds is 7. The molecular formula is C21H23N3O2. The molecule has 2 N–H and O–H groups in total. The van der Waals surface area contributed by atoms with E-state index in [2.05, 4.69) is 51.7 Å². The number of carbonyl (C=O) groups is 1. The van der Waals surface area contributed by atoms with Gasteiger partial charge in [-0.1, -0.05) is 61.5 Å². The van der Waals surface area contributed by atoms with Crippen LogP contribution in [0.2, 0.25) is 0 Å². The van der Waals surface area contributed by atoms with Crippen LogP contribution in [0.15, 0.2) is 60.8 Å². The standard InChI is InChI=1S/C21H23N3O2/c1-2-14-26-21(25)22-13-12-20-23-15-19(24-20)18-10-8-17(9-11-18)16-6-4-3-5-7-16/h3-11,15H,2,12-14H2,1H3,(H,22,25)(H,23,24). The minimum Gasteiger partial charge on any atom is -0.450 e. The minimum absolute atomic E-state index is 0.380. The van der Waals surface area contributed by atoms with E-state index in [0.717, 1.165) is 23.5 Å². The number of imidazole rings is 1. The van der Waals surface area contributed by atoms with Crippen molar-refractivity contribution in [2.75, 3.05) is 13.2 Å². The number of aromatic nitrogens is 2. The molecule has 0 radical (unpaired) electrons. The first kappa shape index (κ1) is 17.7. The summed E-state index contributed by atoms with van der Waals surface area (Å²) in [5, 5.41) is 2.72. The lowest BCUT2D eigenvalue weighted by Crippen LogP contribution is -2.26. The molecule has 0 fully saturated rings. The Morgan fingerprint density at radius 1 is 1.04 bits per heavy atom. The van der Waals surface area contributed by atoms with Gasteiger partial charge >= 0.3 is 6.09 Å². The minimum atomic E-state index is -0.380. The Balaban J connectivity index is 1.57. The van der Waals surface area contributed by atoms with Crippen molar-refractivity contribution >= 4 is 6.09 Å². The Labute approximate surface area is 153 Å². The van der Waals surface area contributed by atoms with Crippen molar-refractivity contribution in [2.45, 2.75) is 19.8 Å². The van der Waals surface area contributed by atoms with Gasteiger partial charge in [0.05, 0.1) is 18.5 Å². The van der Waals surface area contributed by atoms with E-state index in [9.17, 15) is 4.79 Å². The van der Waals surface area contributed by atoms with Gasteiger partial charge in [0.1, 0.15) is 5.82 Å². The first-order chi connectivity index (χ1) is 12.8. The third-order valence-electron chi connectivity index (χ3n) is 4.00. The molecule has 5 nitrogen and oxygen atoms in total. The molecule has 0 atom stereocenters. The lowest BCUT2D eigenvalue weighted by Gasteiger charge is -2.05. The van der Waals surface area contributed by atoms with Crippen LogP contribution in [0.5, 0.6) is 0 Å². The average Bonchev–Trinajstić information content (AvgIpc) is 3.16. The number of hydrogen-bond donors (Lipinski definition) is 2. The smallest absolute Gasteiger partial charge is 0.407 e. The van der Waals surface area contributed by atoms with E-state index >= 15 is 0 Å². The molecule has 0 spiro atoms. The van der Waals surface area contributed by atoms with Gasteiger partial charge in [0.25, 0.3) is 0 Å². The second kappa shape index (κ2) is 8.85. The fourth-order valence-corrected chi connectivity index (χ4v) is 2.64. The normalized spacial score (nSPS) is 10.5. The van der Waals surface area contributed by atoms with E-state index in [-0.39, 0.29) is 6.09 Å². The molecule has 0 aliphatic carbocycles. The summed E-state index contributed by atoms with van der Waals surface area (Å²) < 4.78 is 4.97. The molecule has 1 heterocycles.